The monoisotopic (exact) mass is 304 g/mol. The van der Waals surface area contributed by atoms with Gasteiger partial charge in [0.15, 0.2) is 6.73 Å². The third-order valence-electron chi connectivity index (χ3n) is 2.45. The molecule has 1 aliphatic heterocycles. The van der Waals surface area contributed by atoms with Crippen LogP contribution in [-0.2, 0) is 0 Å². The van der Waals surface area contributed by atoms with Gasteiger partial charge in [0.1, 0.15) is 5.75 Å². The molecule has 3 nitrogen and oxygen atoms in total. The molecule has 0 aliphatic carbocycles. The van der Waals surface area contributed by atoms with Gasteiger partial charge >= 0.3 is 0 Å². The third-order valence-corrected chi connectivity index (χ3v) is 2.89. The second-order valence-corrected chi connectivity index (χ2v) is 4.22. The molecule has 1 atom stereocenters. The summed E-state index contributed by atoms with van der Waals surface area (Å²) in [5, 5.41) is 3.16. The van der Waals surface area contributed by atoms with E-state index in [1.165, 1.54) is 5.56 Å². The Morgan fingerprint density at radius 1 is 1.64 bits per heavy atom. The molecule has 0 spiro atoms. The molecular formula is C10H13IN2O. The zero-order valence-corrected chi connectivity index (χ0v) is 10.2. The van der Waals surface area contributed by atoms with Crippen LogP contribution in [0.1, 0.15) is 18.4 Å². The molecule has 0 radical (unpaired) electrons. The number of halogens is 1. The van der Waals surface area contributed by atoms with Crippen molar-refractivity contribution in [2.24, 2.45) is 0 Å². The molecule has 1 heterocycles. The predicted molar refractivity (Wildman–Crippen MR) is 66.0 cm³/mol. The van der Waals surface area contributed by atoms with Gasteiger partial charge in [0.05, 0.1) is 5.69 Å². The number of hydrogen-bond acceptors (Lipinski definition) is 3. The predicted octanol–water partition coefficient (Wildman–Crippen LogP) is 2.49. The zero-order chi connectivity index (χ0) is 9.97. The Labute approximate surface area is 97.7 Å². The van der Waals surface area contributed by atoms with Crippen molar-refractivity contribution in [2.45, 2.75) is 12.8 Å². The van der Waals surface area contributed by atoms with Crippen LogP contribution in [0.4, 0.5) is 5.69 Å². The van der Waals surface area contributed by atoms with Crippen molar-refractivity contribution in [3.05, 3.63) is 23.8 Å². The first-order valence-corrected chi connectivity index (χ1v) is 5.73. The summed E-state index contributed by atoms with van der Waals surface area (Å²) in [5.41, 5.74) is 2.42. The fourth-order valence-electron chi connectivity index (χ4n) is 1.54. The van der Waals surface area contributed by atoms with Crippen LogP contribution in [0.15, 0.2) is 18.2 Å². The van der Waals surface area contributed by atoms with E-state index < -0.39 is 0 Å². The van der Waals surface area contributed by atoms with E-state index >= 15 is 0 Å². The highest BCUT2D eigenvalue weighted by Crippen LogP contribution is 2.32. The Balaban J connectivity index is 2.19. The Morgan fingerprint density at radius 2 is 2.50 bits per heavy atom. The molecule has 0 saturated heterocycles. The highest BCUT2D eigenvalue weighted by Gasteiger charge is 2.13. The summed E-state index contributed by atoms with van der Waals surface area (Å²) in [4.78, 5) is 0. The fraction of sp³-hybridized carbons (Fsp3) is 0.400. The molecule has 0 amide bonds. The standard InChI is InChI=1S/C10H13IN2O/c1-7(5-13-11)8-2-3-9-10(4-8)14-6-12-9/h2-4,7,12-13H,5-6H2,1H3. The highest BCUT2D eigenvalue weighted by molar-refractivity contribution is 14.1. The van der Waals surface area contributed by atoms with Crippen LogP contribution in [0.2, 0.25) is 0 Å². The van der Waals surface area contributed by atoms with Gasteiger partial charge in [0, 0.05) is 29.4 Å². The van der Waals surface area contributed by atoms with Crippen molar-refractivity contribution in [2.75, 3.05) is 18.6 Å². The van der Waals surface area contributed by atoms with Crippen molar-refractivity contribution in [1.82, 2.24) is 3.53 Å². The second kappa shape index (κ2) is 4.35. The molecule has 76 valence electrons. The summed E-state index contributed by atoms with van der Waals surface area (Å²) >= 11 is 2.17. The third kappa shape index (κ3) is 1.95. The second-order valence-electron chi connectivity index (χ2n) is 3.46. The molecule has 0 bridgehead atoms. The first-order chi connectivity index (χ1) is 6.81. The van der Waals surface area contributed by atoms with Gasteiger partial charge in [-0.3, -0.25) is 3.53 Å². The average Bonchev–Trinajstić information content (AvgIpc) is 2.64. The lowest BCUT2D eigenvalue weighted by Gasteiger charge is -2.11. The zero-order valence-electron chi connectivity index (χ0n) is 8.01. The maximum atomic E-state index is 5.43. The van der Waals surface area contributed by atoms with Crippen molar-refractivity contribution in [3.8, 4) is 5.75 Å². The minimum absolute atomic E-state index is 0.515. The van der Waals surface area contributed by atoms with E-state index in [2.05, 4.69) is 56.8 Å². The van der Waals surface area contributed by atoms with Crippen molar-refractivity contribution in [1.29, 1.82) is 0 Å². The number of benzene rings is 1. The number of rotatable bonds is 3. The van der Waals surface area contributed by atoms with Gasteiger partial charge in [-0.05, 0) is 23.6 Å². The van der Waals surface area contributed by atoms with E-state index in [4.69, 9.17) is 4.74 Å². The van der Waals surface area contributed by atoms with E-state index in [9.17, 15) is 0 Å². The van der Waals surface area contributed by atoms with Crippen LogP contribution >= 0.6 is 22.9 Å². The molecule has 1 aromatic carbocycles. The molecule has 2 N–H and O–H groups in total. The van der Waals surface area contributed by atoms with Gasteiger partial charge in [-0.25, -0.2) is 0 Å². The molecule has 0 aromatic heterocycles. The summed E-state index contributed by atoms with van der Waals surface area (Å²) in [6, 6.07) is 6.36. The molecule has 14 heavy (non-hydrogen) atoms. The summed E-state index contributed by atoms with van der Waals surface area (Å²) in [7, 11) is 0. The average molecular weight is 304 g/mol. The van der Waals surface area contributed by atoms with Gasteiger partial charge < -0.3 is 10.1 Å². The SMILES string of the molecule is CC(CNI)c1ccc2c(c1)OCN2. The molecule has 1 unspecified atom stereocenters. The summed E-state index contributed by atoms with van der Waals surface area (Å²) in [6.45, 7) is 3.78. The van der Waals surface area contributed by atoms with Gasteiger partial charge in [0.2, 0.25) is 0 Å². The van der Waals surface area contributed by atoms with Crippen molar-refractivity contribution < 1.29 is 4.74 Å². The van der Waals surface area contributed by atoms with E-state index in [0.717, 1.165) is 18.0 Å². The molecule has 0 fully saturated rings. The quantitative estimate of drug-likeness (QED) is 0.665. The largest absolute Gasteiger partial charge is 0.471 e. The fourth-order valence-corrected chi connectivity index (χ4v) is 2.20. The summed E-state index contributed by atoms with van der Waals surface area (Å²) in [6.07, 6.45) is 0. The Bertz CT molecular complexity index is 330. The van der Waals surface area contributed by atoms with E-state index in [-0.39, 0.29) is 0 Å². The molecule has 1 aromatic rings. The first-order valence-electron chi connectivity index (χ1n) is 4.65. The topological polar surface area (TPSA) is 33.3 Å². The number of nitrogens with one attached hydrogen (secondary N) is 2. The summed E-state index contributed by atoms with van der Waals surface area (Å²) in [5.74, 6) is 1.49. The van der Waals surface area contributed by atoms with Gasteiger partial charge in [-0.2, -0.15) is 0 Å². The van der Waals surface area contributed by atoms with E-state index in [0.29, 0.717) is 12.6 Å². The molecule has 1 aliphatic rings. The number of anilines is 1. The van der Waals surface area contributed by atoms with Gasteiger partial charge in [0.25, 0.3) is 0 Å². The lowest BCUT2D eigenvalue weighted by Crippen LogP contribution is -2.09. The van der Waals surface area contributed by atoms with Crippen LogP contribution in [0.25, 0.3) is 0 Å². The number of fused-ring (bicyclic) bond motifs is 1. The summed E-state index contributed by atoms with van der Waals surface area (Å²) < 4.78 is 8.58. The molecule has 2 rings (SSSR count). The minimum Gasteiger partial charge on any atom is -0.471 e. The maximum absolute atomic E-state index is 5.43. The van der Waals surface area contributed by atoms with Crippen LogP contribution < -0.4 is 13.6 Å². The van der Waals surface area contributed by atoms with Gasteiger partial charge in [-0.1, -0.05) is 13.0 Å². The van der Waals surface area contributed by atoms with Crippen molar-refractivity contribution in [3.63, 3.8) is 0 Å². The smallest absolute Gasteiger partial charge is 0.159 e. The van der Waals surface area contributed by atoms with Crippen LogP contribution in [-0.4, -0.2) is 13.3 Å². The number of hydrogen-bond donors (Lipinski definition) is 2. The normalized spacial score (nSPS) is 15.6. The molecule has 4 heteroatoms. The van der Waals surface area contributed by atoms with Crippen LogP contribution in [0.5, 0.6) is 5.75 Å². The van der Waals surface area contributed by atoms with Gasteiger partial charge in [-0.15, -0.1) is 0 Å². The first kappa shape index (κ1) is 10.0. The highest BCUT2D eigenvalue weighted by atomic mass is 127. The Morgan fingerprint density at radius 3 is 3.29 bits per heavy atom. The van der Waals surface area contributed by atoms with Crippen LogP contribution in [0.3, 0.4) is 0 Å². The lowest BCUT2D eigenvalue weighted by molar-refractivity contribution is 0.372. The molecule has 0 saturated carbocycles. The molecular weight excluding hydrogens is 291 g/mol. The lowest BCUT2D eigenvalue weighted by atomic mass is 10.0. The maximum Gasteiger partial charge on any atom is 0.159 e. The van der Waals surface area contributed by atoms with E-state index in [1.807, 2.05) is 0 Å². The number of ether oxygens (including phenoxy) is 1. The van der Waals surface area contributed by atoms with Crippen molar-refractivity contribution >= 4 is 28.6 Å². The van der Waals surface area contributed by atoms with Crippen LogP contribution in [0, 0.1) is 0 Å². The Kier molecular flexibility index (Phi) is 3.12. The van der Waals surface area contributed by atoms with E-state index in [1.54, 1.807) is 0 Å². The minimum atomic E-state index is 0.515. The Hall–Kier alpha value is -0.490.